The van der Waals surface area contributed by atoms with E-state index in [0.717, 1.165) is 12.1 Å². The van der Waals surface area contributed by atoms with Crippen LogP contribution in [-0.4, -0.2) is 25.4 Å². The van der Waals surface area contributed by atoms with E-state index in [2.05, 4.69) is 0 Å². The fraction of sp³-hybridized carbons (Fsp3) is 0.500. The fourth-order valence-corrected chi connectivity index (χ4v) is 2.36. The molecule has 16 heavy (non-hydrogen) atoms. The van der Waals surface area contributed by atoms with Crippen molar-refractivity contribution >= 4 is 5.78 Å². The number of carbonyl (C=O) groups excluding carboxylic acids is 1. The van der Waals surface area contributed by atoms with E-state index >= 15 is 0 Å². The Hall–Kier alpha value is -1.15. The molecule has 1 aromatic carbocycles. The first-order valence-electron chi connectivity index (χ1n) is 6.28. The number of benzene rings is 1. The molecule has 2 rings (SSSR count). The normalized spacial score (nSPS) is 17.2. The maximum Gasteiger partial charge on any atom is 0.168 e. The van der Waals surface area contributed by atoms with Crippen LogP contribution in [0.2, 0.25) is 0 Å². The molecule has 0 amide bonds. The predicted octanol–water partition coefficient (Wildman–Crippen LogP) is 1.33. The molecular weight excluding hydrogens is 198 g/mol. The van der Waals surface area contributed by atoms with Gasteiger partial charge in [-0.05, 0) is 19.3 Å². The van der Waals surface area contributed by atoms with Crippen LogP contribution in [0.25, 0.3) is 0 Å². The first kappa shape index (κ1) is 11.3. The van der Waals surface area contributed by atoms with E-state index < -0.39 is 0 Å². The first-order valence-corrected chi connectivity index (χ1v) is 6.28. The molecule has 0 unspecified atom stereocenters. The lowest BCUT2D eigenvalue weighted by Crippen LogP contribution is -3.12. The quantitative estimate of drug-likeness (QED) is 0.756. The van der Waals surface area contributed by atoms with Crippen molar-refractivity contribution in [2.75, 3.05) is 19.6 Å². The standard InChI is InChI=1S/C14H19NO/c16-14(13-7-3-1-4-8-13)9-12-15-10-5-2-6-11-15/h1,3-4,7-8H,2,5-6,9-12H2/p+1. The number of quaternary nitrogens is 1. The van der Waals surface area contributed by atoms with Crippen molar-refractivity contribution in [3.8, 4) is 0 Å². The van der Waals surface area contributed by atoms with E-state index in [1.807, 2.05) is 30.3 Å². The van der Waals surface area contributed by atoms with Gasteiger partial charge in [-0.2, -0.15) is 0 Å². The second-order valence-electron chi connectivity index (χ2n) is 4.60. The average Bonchev–Trinajstić information content (AvgIpc) is 2.38. The highest BCUT2D eigenvalue weighted by Crippen LogP contribution is 2.02. The number of rotatable bonds is 4. The minimum absolute atomic E-state index is 0.290. The van der Waals surface area contributed by atoms with Crippen LogP contribution in [0, 0.1) is 0 Å². The van der Waals surface area contributed by atoms with E-state index in [4.69, 9.17) is 0 Å². The van der Waals surface area contributed by atoms with E-state index in [9.17, 15) is 4.79 Å². The van der Waals surface area contributed by atoms with Crippen LogP contribution in [0.4, 0.5) is 0 Å². The zero-order valence-electron chi connectivity index (χ0n) is 9.74. The van der Waals surface area contributed by atoms with Gasteiger partial charge in [0.15, 0.2) is 5.78 Å². The maximum absolute atomic E-state index is 11.9. The number of nitrogens with one attached hydrogen (secondary N) is 1. The van der Waals surface area contributed by atoms with Crippen LogP contribution in [-0.2, 0) is 0 Å². The van der Waals surface area contributed by atoms with Crippen molar-refractivity contribution in [3.63, 3.8) is 0 Å². The molecule has 1 aliphatic heterocycles. The number of Topliss-reactive ketones (excluding diaryl/α,β-unsaturated/α-hetero) is 1. The van der Waals surface area contributed by atoms with Crippen LogP contribution in [0.3, 0.4) is 0 Å². The van der Waals surface area contributed by atoms with E-state index in [-0.39, 0.29) is 0 Å². The summed E-state index contributed by atoms with van der Waals surface area (Å²) in [5.41, 5.74) is 0.860. The van der Waals surface area contributed by atoms with Gasteiger partial charge >= 0.3 is 0 Å². The second kappa shape index (κ2) is 5.80. The van der Waals surface area contributed by atoms with Gasteiger partial charge in [0.25, 0.3) is 0 Å². The van der Waals surface area contributed by atoms with Crippen LogP contribution in [0.15, 0.2) is 30.3 Å². The summed E-state index contributed by atoms with van der Waals surface area (Å²) < 4.78 is 0. The largest absolute Gasteiger partial charge is 0.335 e. The molecule has 1 N–H and O–H groups in total. The Balaban J connectivity index is 1.79. The van der Waals surface area contributed by atoms with Gasteiger partial charge in [0.05, 0.1) is 26.1 Å². The number of carbonyl (C=O) groups is 1. The maximum atomic E-state index is 11.9. The Labute approximate surface area is 97.3 Å². The second-order valence-corrected chi connectivity index (χ2v) is 4.60. The minimum Gasteiger partial charge on any atom is -0.335 e. The number of hydrogen-bond acceptors (Lipinski definition) is 1. The summed E-state index contributed by atoms with van der Waals surface area (Å²) in [5, 5.41) is 0. The van der Waals surface area contributed by atoms with Crippen molar-refractivity contribution in [2.45, 2.75) is 25.7 Å². The van der Waals surface area contributed by atoms with Gasteiger partial charge < -0.3 is 4.90 Å². The van der Waals surface area contributed by atoms with E-state index in [1.165, 1.54) is 32.4 Å². The van der Waals surface area contributed by atoms with Crippen LogP contribution < -0.4 is 4.90 Å². The Morgan fingerprint density at radius 2 is 1.75 bits per heavy atom. The lowest BCUT2D eigenvalue weighted by molar-refractivity contribution is -0.904. The molecule has 0 aromatic heterocycles. The molecule has 0 spiro atoms. The van der Waals surface area contributed by atoms with E-state index in [0.29, 0.717) is 12.2 Å². The monoisotopic (exact) mass is 218 g/mol. The molecule has 86 valence electrons. The molecule has 2 heteroatoms. The molecule has 1 fully saturated rings. The summed E-state index contributed by atoms with van der Waals surface area (Å²) in [4.78, 5) is 13.5. The molecule has 1 aliphatic rings. The summed E-state index contributed by atoms with van der Waals surface area (Å²) in [6, 6.07) is 9.64. The smallest absolute Gasteiger partial charge is 0.168 e. The van der Waals surface area contributed by atoms with Crippen LogP contribution >= 0.6 is 0 Å². The highest BCUT2D eigenvalue weighted by Gasteiger charge is 2.15. The van der Waals surface area contributed by atoms with Gasteiger partial charge in [-0.15, -0.1) is 0 Å². The van der Waals surface area contributed by atoms with Crippen molar-refractivity contribution in [1.29, 1.82) is 0 Å². The third-order valence-corrected chi connectivity index (χ3v) is 3.36. The van der Waals surface area contributed by atoms with Gasteiger partial charge in [0, 0.05) is 5.56 Å². The fourth-order valence-electron chi connectivity index (χ4n) is 2.36. The van der Waals surface area contributed by atoms with Crippen molar-refractivity contribution in [1.82, 2.24) is 0 Å². The Kier molecular flexibility index (Phi) is 4.11. The topological polar surface area (TPSA) is 21.5 Å². The average molecular weight is 218 g/mol. The molecule has 0 aliphatic carbocycles. The van der Waals surface area contributed by atoms with Crippen molar-refractivity contribution < 1.29 is 9.69 Å². The molecular formula is C14H20NO+. The molecule has 1 saturated heterocycles. The van der Waals surface area contributed by atoms with Crippen LogP contribution in [0.1, 0.15) is 36.0 Å². The SMILES string of the molecule is O=C(CC[NH+]1CCCCC1)c1ccccc1. The zero-order valence-corrected chi connectivity index (χ0v) is 9.74. The van der Waals surface area contributed by atoms with Gasteiger partial charge in [0.1, 0.15) is 0 Å². The molecule has 0 saturated carbocycles. The Morgan fingerprint density at radius 1 is 1.06 bits per heavy atom. The predicted molar refractivity (Wildman–Crippen MR) is 64.8 cm³/mol. The number of hydrogen-bond donors (Lipinski definition) is 1. The molecule has 0 bridgehead atoms. The summed E-state index contributed by atoms with van der Waals surface area (Å²) in [5.74, 6) is 0.290. The van der Waals surface area contributed by atoms with Gasteiger partial charge in [-0.25, -0.2) is 0 Å². The summed E-state index contributed by atoms with van der Waals surface area (Å²) >= 11 is 0. The molecule has 1 aromatic rings. The highest BCUT2D eigenvalue weighted by atomic mass is 16.1. The third kappa shape index (κ3) is 3.17. The third-order valence-electron chi connectivity index (χ3n) is 3.36. The highest BCUT2D eigenvalue weighted by molar-refractivity contribution is 5.95. The van der Waals surface area contributed by atoms with Gasteiger partial charge in [0.2, 0.25) is 0 Å². The lowest BCUT2D eigenvalue weighted by Gasteiger charge is -2.23. The summed E-state index contributed by atoms with van der Waals surface area (Å²) in [6.45, 7) is 3.51. The van der Waals surface area contributed by atoms with E-state index in [1.54, 1.807) is 4.90 Å². The summed E-state index contributed by atoms with van der Waals surface area (Å²) in [6.07, 6.45) is 4.72. The first-order chi connectivity index (χ1) is 7.86. The molecule has 0 atom stereocenters. The lowest BCUT2D eigenvalue weighted by atomic mass is 10.1. The van der Waals surface area contributed by atoms with Crippen molar-refractivity contribution in [3.05, 3.63) is 35.9 Å². The van der Waals surface area contributed by atoms with Crippen molar-refractivity contribution in [2.24, 2.45) is 0 Å². The van der Waals surface area contributed by atoms with Gasteiger partial charge in [-0.1, -0.05) is 30.3 Å². The number of likely N-dealkylation sites (tertiary alicyclic amines) is 1. The molecule has 2 nitrogen and oxygen atoms in total. The molecule has 0 radical (unpaired) electrons. The van der Waals surface area contributed by atoms with Gasteiger partial charge in [-0.3, -0.25) is 4.79 Å². The molecule has 1 heterocycles. The Bertz CT molecular complexity index is 328. The minimum atomic E-state index is 0.290. The number of ketones is 1. The Morgan fingerprint density at radius 3 is 2.44 bits per heavy atom. The zero-order chi connectivity index (χ0) is 11.2. The van der Waals surface area contributed by atoms with Crippen LogP contribution in [0.5, 0.6) is 0 Å². The summed E-state index contributed by atoms with van der Waals surface area (Å²) in [7, 11) is 0. The number of piperidine rings is 1.